The van der Waals surface area contributed by atoms with Crippen molar-refractivity contribution in [1.29, 1.82) is 0 Å². The summed E-state index contributed by atoms with van der Waals surface area (Å²) >= 11 is 0. The number of esters is 1. The Labute approximate surface area is 150 Å². The molecule has 2 rings (SSSR count). The van der Waals surface area contributed by atoms with Crippen LogP contribution >= 0.6 is 0 Å². The topological polar surface area (TPSA) is 57.2 Å². The van der Waals surface area contributed by atoms with Crippen molar-refractivity contribution in [1.82, 2.24) is 15.1 Å². The molecule has 0 aromatic heterocycles. The maximum atomic E-state index is 11.1. The fourth-order valence-corrected chi connectivity index (χ4v) is 2.99. The second-order valence-electron chi connectivity index (χ2n) is 6.26. The summed E-state index contributed by atoms with van der Waals surface area (Å²) in [5, 5.41) is 3.40. The molecule has 1 N–H and O–H groups in total. The number of piperazine rings is 1. The lowest BCUT2D eigenvalue weighted by Gasteiger charge is -2.36. The van der Waals surface area contributed by atoms with Gasteiger partial charge >= 0.3 is 5.97 Å². The maximum Gasteiger partial charge on any atom is 0.305 e. The Morgan fingerprint density at radius 1 is 1.16 bits per heavy atom. The SMILES string of the molecule is CN=C(NCCCCC(=O)OC)N1CCN(Cc2ccccc2)CC1. The smallest absolute Gasteiger partial charge is 0.305 e. The van der Waals surface area contributed by atoms with Crippen molar-refractivity contribution in [3.63, 3.8) is 0 Å². The first kappa shape index (κ1) is 19.2. The standard InChI is InChI=1S/C19H30N4O2/c1-20-19(21-11-7-6-10-18(24)25-2)23-14-12-22(13-15-23)16-17-8-4-3-5-9-17/h3-5,8-9H,6-7,10-16H2,1-2H3,(H,20,21). The Hall–Kier alpha value is -2.08. The lowest BCUT2D eigenvalue weighted by molar-refractivity contribution is -0.140. The molecular formula is C19H30N4O2. The number of benzene rings is 1. The van der Waals surface area contributed by atoms with E-state index in [2.05, 4.69) is 55.2 Å². The van der Waals surface area contributed by atoms with E-state index in [0.29, 0.717) is 6.42 Å². The van der Waals surface area contributed by atoms with Crippen molar-refractivity contribution < 1.29 is 9.53 Å². The first-order valence-electron chi connectivity index (χ1n) is 9.01. The minimum atomic E-state index is -0.140. The van der Waals surface area contributed by atoms with Gasteiger partial charge in [-0.05, 0) is 18.4 Å². The number of carbonyl (C=O) groups excluding carboxylic acids is 1. The third-order valence-electron chi connectivity index (χ3n) is 4.45. The normalized spacial score (nSPS) is 15.9. The van der Waals surface area contributed by atoms with Crippen LogP contribution in [0.1, 0.15) is 24.8 Å². The number of guanidine groups is 1. The van der Waals surface area contributed by atoms with Gasteiger partial charge in [-0.3, -0.25) is 14.7 Å². The van der Waals surface area contributed by atoms with E-state index in [0.717, 1.165) is 58.1 Å². The summed E-state index contributed by atoms with van der Waals surface area (Å²) in [6.07, 6.45) is 2.25. The molecule has 1 heterocycles. The zero-order chi connectivity index (χ0) is 17.9. The minimum Gasteiger partial charge on any atom is -0.469 e. The average molecular weight is 346 g/mol. The summed E-state index contributed by atoms with van der Waals surface area (Å²) in [7, 11) is 3.26. The van der Waals surface area contributed by atoms with Crippen molar-refractivity contribution in [3.8, 4) is 0 Å². The molecule has 0 atom stereocenters. The van der Waals surface area contributed by atoms with E-state index in [-0.39, 0.29) is 5.97 Å². The van der Waals surface area contributed by atoms with Crippen LogP contribution in [0.2, 0.25) is 0 Å². The Kier molecular flexibility index (Phi) is 8.25. The number of carbonyl (C=O) groups is 1. The second-order valence-corrected chi connectivity index (χ2v) is 6.26. The molecule has 1 aliphatic rings. The highest BCUT2D eigenvalue weighted by atomic mass is 16.5. The number of hydrogen-bond donors (Lipinski definition) is 1. The molecule has 6 heteroatoms. The summed E-state index contributed by atoms with van der Waals surface area (Å²) in [4.78, 5) is 20.3. The molecule has 0 bridgehead atoms. The Bertz CT molecular complexity index is 540. The molecule has 6 nitrogen and oxygen atoms in total. The summed E-state index contributed by atoms with van der Waals surface area (Å²) in [5.41, 5.74) is 1.36. The predicted octanol–water partition coefficient (Wildman–Crippen LogP) is 1.72. The monoisotopic (exact) mass is 346 g/mol. The highest BCUT2D eigenvalue weighted by Crippen LogP contribution is 2.08. The first-order valence-corrected chi connectivity index (χ1v) is 9.01. The molecule has 1 fully saturated rings. The van der Waals surface area contributed by atoms with Crippen LogP contribution in [0.4, 0.5) is 0 Å². The maximum absolute atomic E-state index is 11.1. The van der Waals surface area contributed by atoms with Crippen LogP contribution in [0.15, 0.2) is 35.3 Å². The van der Waals surface area contributed by atoms with Crippen molar-refractivity contribution in [2.75, 3.05) is 46.9 Å². The largest absolute Gasteiger partial charge is 0.469 e. The number of ether oxygens (including phenoxy) is 1. The molecule has 0 saturated carbocycles. The van der Waals surface area contributed by atoms with Gasteiger partial charge in [0, 0.05) is 52.7 Å². The van der Waals surface area contributed by atoms with Crippen LogP contribution in [0.3, 0.4) is 0 Å². The zero-order valence-electron chi connectivity index (χ0n) is 15.4. The minimum absolute atomic E-state index is 0.140. The lowest BCUT2D eigenvalue weighted by Crippen LogP contribution is -2.52. The Morgan fingerprint density at radius 3 is 2.52 bits per heavy atom. The average Bonchev–Trinajstić information content (AvgIpc) is 2.66. The fourth-order valence-electron chi connectivity index (χ4n) is 2.99. The summed E-state index contributed by atoms with van der Waals surface area (Å²) in [6.45, 7) is 5.88. The van der Waals surface area contributed by atoms with Crippen LogP contribution in [-0.2, 0) is 16.1 Å². The van der Waals surface area contributed by atoms with E-state index < -0.39 is 0 Å². The van der Waals surface area contributed by atoms with E-state index in [1.807, 2.05) is 7.05 Å². The number of methoxy groups -OCH3 is 1. The van der Waals surface area contributed by atoms with Crippen LogP contribution in [-0.4, -0.2) is 68.6 Å². The fraction of sp³-hybridized carbons (Fsp3) is 0.579. The molecule has 1 saturated heterocycles. The van der Waals surface area contributed by atoms with E-state index >= 15 is 0 Å². The quantitative estimate of drug-likeness (QED) is 0.353. The molecule has 0 spiro atoms. The van der Waals surface area contributed by atoms with Gasteiger partial charge in [0.2, 0.25) is 0 Å². The van der Waals surface area contributed by atoms with Crippen LogP contribution in [0, 0.1) is 0 Å². The van der Waals surface area contributed by atoms with Crippen LogP contribution in [0.5, 0.6) is 0 Å². The van der Waals surface area contributed by atoms with Gasteiger partial charge in [-0.2, -0.15) is 0 Å². The molecule has 25 heavy (non-hydrogen) atoms. The molecule has 138 valence electrons. The first-order chi connectivity index (χ1) is 12.2. The van der Waals surface area contributed by atoms with Crippen molar-refractivity contribution in [2.45, 2.75) is 25.8 Å². The van der Waals surface area contributed by atoms with Gasteiger partial charge in [0.05, 0.1) is 7.11 Å². The van der Waals surface area contributed by atoms with Gasteiger partial charge in [0.1, 0.15) is 0 Å². The van der Waals surface area contributed by atoms with Gasteiger partial charge in [-0.15, -0.1) is 0 Å². The van der Waals surface area contributed by atoms with Gasteiger partial charge in [-0.25, -0.2) is 0 Å². The van der Waals surface area contributed by atoms with E-state index in [9.17, 15) is 4.79 Å². The molecule has 0 unspecified atom stereocenters. The summed E-state index contributed by atoms with van der Waals surface area (Å²) in [6, 6.07) is 10.6. The number of unbranched alkanes of at least 4 members (excludes halogenated alkanes) is 1. The zero-order valence-corrected chi connectivity index (χ0v) is 15.4. The highest BCUT2D eigenvalue weighted by molar-refractivity contribution is 5.80. The molecule has 0 radical (unpaired) electrons. The molecule has 1 aromatic carbocycles. The number of rotatable bonds is 7. The highest BCUT2D eigenvalue weighted by Gasteiger charge is 2.19. The van der Waals surface area contributed by atoms with E-state index in [4.69, 9.17) is 0 Å². The molecule has 1 aliphatic heterocycles. The second kappa shape index (κ2) is 10.7. The van der Waals surface area contributed by atoms with Crippen molar-refractivity contribution in [3.05, 3.63) is 35.9 Å². The van der Waals surface area contributed by atoms with Gasteiger partial charge in [0.15, 0.2) is 5.96 Å². The number of nitrogens with zero attached hydrogens (tertiary/aromatic N) is 3. The van der Waals surface area contributed by atoms with Crippen molar-refractivity contribution in [2.24, 2.45) is 4.99 Å². The molecular weight excluding hydrogens is 316 g/mol. The van der Waals surface area contributed by atoms with Gasteiger partial charge in [-0.1, -0.05) is 30.3 Å². The van der Waals surface area contributed by atoms with Gasteiger partial charge in [0.25, 0.3) is 0 Å². The van der Waals surface area contributed by atoms with E-state index in [1.165, 1.54) is 12.7 Å². The van der Waals surface area contributed by atoms with Crippen molar-refractivity contribution >= 4 is 11.9 Å². The molecule has 0 aliphatic carbocycles. The van der Waals surface area contributed by atoms with E-state index in [1.54, 1.807) is 0 Å². The van der Waals surface area contributed by atoms with Crippen LogP contribution in [0.25, 0.3) is 0 Å². The number of aliphatic imine (C=N–C) groups is 1. The Morgan fingerprint density at radius 2 is 1.88 bits per heavy atom. The van der Waals surface area contributed by atoms with Gasteiger partial charge < -0.3 is 15.0 Å². The Balaban J connectivity index is 1.66. The number of nitrogens with one attached hydrogen (secondary N) is 1. The third kappa shape index (κ3) is 6.74. The number of hydrogen-bond acceptors (Lipinski definition) is 4. The predicted molar refractivity (Wildman–Crippen MR) is 101 cm³/mol. The van der Waals surface area contributed by atoms with Crippen LogP contribution < -0.4 is 5.32 Å². The third-order valence-corrected chi connectivity index (χ3v) is 4.45. The molecule has 1 aromatic rings. The summed E-state index contributed by atoms with van der Waals surface area (Å²) in [5.74, 6) is 0.816. The summed E-state index contributed by atoms with van der Waals surface area (Å²) < 4.78 is 4.65. The lowest BCUT2D eigenvalue weighted by atomic mass is 10.2. The molecule has 0 amide bonds.